The molecule has 2 unspecified atom stereocenters. The molecule has 186 valence electrons. The lowest BCUT2D eigenvalue weighted by Gasteiger charge is -2.43. The van der Waals surface area contributed by atoms with Crippen molar-refractivity contribution in [1.29, 1.82) is 0 Å². The maximum absolute atomic E-state index is 13.7. The van der Waals surface area contributed by atoms with Crippen molar-refractivity contribution in [3.8, 4) is 5.75 Å². The van der Waals surface area contributed by atoms with Gasteiger partial charge in [-0.1, -0.05) is 12.1 Å². The summed E-state index contributed by atoms with van der Waals surface area (Å²) in [5.74, 6) is -0.405. The van der Waals surface area contributed by atoms with Gasteiger partial charge >= 0.3 is 6.09 Å². The van der Waals surface area contributed by atoms with Crippen LogP contribution in [-0.4, -0.2) is 67.6 Å². The molecule has 2 saturated heterocycles. The van der Waals surface area contributed by atoms with E-state index in [0.29, 0.717) is 56.2 Å². The van der Waals surface area contributed by atoms with Gasteiger partial charge in [0, 0.05) is 38.3 Å². The van der Waals surface area contributed by atoms with Crippen molar-refractivity contribution < 1.29 is 28.2 Å². The topological polar surface area (TPSA) is 79.4 Å². The molecule has 2 aliphatic heterocycles. The number of rotatable bonds is 5. The number of carbonyl (C=O) groups is 3. The SMILES string of the molecule is CCOC(=O)N1CCN(C(=O)C2CCC(=O)N(c3ccc(OC)cc3)C2c2ccc(F)cc2)CC1. The molecule has 0 aromatic heterocycles. The zero-order chi connectivity index (χ0) is 24.9. The fraction of sp³-hybridized carbons (Fsp3) is 0.423. The van der Waals surface area contributed by atoms with E-state index in [2.05, 4.69) is 0 Å². The molecule has 2 aliphatic rings. The number of ether oxygens (including phenoxy) is 2. The molecule has 3 amide bonds. The maximum Gasteiger partial charge on any atom is 0.409 e. The van der Waals surface area contributed by atoms with Crippen molar-refractivity contribution in [2.24, 2.45) is 5.92 Å². The first-order chi connectivity index (χ1) is 16.9. The van der Waals surface area contributed by atoms with Crippen LogP contribution in [0, 0.1) is 11.7 Å². The Labute approximate surface area is 204 Å². The Morgan fingerprint density at radius 1 is 0.971 bits per heavy atom. The summed E-state index contributed by atoms with van der Waals surface area (Å²) in [4.78, 5) is 43.9. The monoisotopic (exact) mass is 483 g/mol. The molecule has 0 bridgehead atoms. The largest absolute Gasteiger partial charge is 0.497 e. The van der Waals surface area contributed by atoms with E-state index in [0.717, 1.165) is 0 Å². The van der Waals surface area contributed by atoms with E-state index in [4.69, 9.17) is 9.47 Å². The highest BCUT2D eigenvalue weighted by molar-refractivity contribution is 5.97. The van der Waals surface area contributed by atoms with Crippen LogP contribution in [0.1, 0.15) is 31.4 Å². The van der Waals surface area contributed by atoms with Crippen LogP contribution < -0.4 is 9.64 Å². The van der Waals surface area contributed by atoms with E-state index in [1.807, 2.05) is 0 Å². The number of hydrogen-bond donors (Lipinski definition) is 0. The number of methoxy groups -OCH3 is 1. The molecule has 2 aromatic rings. The summed E-state index contributed by atoms with van der Waals surface area (Å²) in [5, 5.41) is 0. The van der Waals surface area contributed by atoms with E-state index in [1.54, 1.807) is 65.1 Å². The lowest BCUT2D eigenvalue weighted by molar-refractivity contribution is -0.140. The van der Waals surface area contributed by atoms with Crippen LogP contribution in [0.4, 0.5) is 14.9 Å². The van der Waals surface area contributed by atoms with Crippen molar-refractivity contribution in [3.63, 3.8) is 0 Å². The van der Waals surface area contributed by atoms with Gasteiger partial charge in [-0.2, -0.15) is 0 Å². The number of hydrogen-bond acceptors (Lipinski definition) is 5. The fourth-order valence-electron chi connectivity index (χ4n) is 4.80. The lowest BCUT2D eigenvalue weighted by Crippen LogP contribution is -2.55. The van der Waals surface area contributed by atoms with Gasteiger partial charge in [-0.15, -0.1) is 0 Å². The van der Waals surface area contributed by atoms with Gasteiger partial charge in [0.15, 0.2) is 0 Å². The van der Waals surface area contributed by atoms with Crippen LogP contribution in [0.15, 0.2) is 48.5 Å². The Bertz CT molecular complexity index is 1050. The third kappa shape index (κ3) is 5.23. The number of benzene rings is 2. The quantitative estimate of drug-likeness (QED) is 0.649. The Kier molecular flexibility index (Phi) is 7.53. The van der Waals surface area contributed by atoms with Gasteiger partial charge in [0.2, 0.25) is 11.8 Å². The number of anilines is 1. The minimum atomic E-state index is -0.583. The summed E-state index contributed by atoms with van der Waals surface area (Å²) < 4.78 is 24.0. The van der Waals surface area contributed by atoms with E-state index >= 15 is 0 Å². The number of piperazine rings is 1. The predicted octanol–water partition coefficient (Wildman–Crippen LogP) is 3.62. The molecule has 0 aliphatic carbocycles. The molecular formula is C26H30FN3O5. The zero-order valence-electron chi connectivity index (χ0n) is 20.0. The minimum Gasteiger partial charge on any atom is -0.497 e. The van der Waals surface area contributed by atoms with E-state index in [1.165, 1.54) is 12.1 Å². The van der Waals surface area contributed by atoms with E-state index < -0.39 is 12.0 Å². The number of nitrogens with zero attached hydrogens (tertiary/aromatic N) is 3. The van der Waals surface area contributed by atoms with Crippen molar-refractivity contribution >= 4 is 23.6 Å². The fourth-order valence-corrected chi connectivity index (χ4v) is 4.80. The highest BCUT2D eigenvalue weighted by Gasteiger charge is 2.43. The van der Waals surface area contributed by atoms with Crippen molar-refractivity contribution in [2.45, 2.75) is 25.8 Å². The normalized spacial score (nSPS) is 20.5. The summed E-state index contributed by atoms with van der Waals surface area (Å²) in [6, 6.07) is 12.5. The molecule has 2 aromatic carbocycles. The average Bonchev–Trinajstić information content (AvgIpc) is 2.89. The molecule has 2 atom stereocenters. The molecule has 8 nitrogen and oxygen atoms in total. The van der Waals surface area contributed by atoms with Gasteiger partial charge < -0.3 is 24.2 Å². The number of piperidine rings is 1. The second-order valence-corrected chi connectivity index (χ2v) is 8.61. The molecule has 0 spiro atoms. The van der Waals surface area contributed by atoms with Gasteiger partial charge in [0.05, 0.1) is 25.7 Å². The summed E-state index contributed by atoms with van der Waals surface area (Å²) in [5.41, 5.74) is 1.34. The molecule has 0 radical (unpaired) electrons. The molecule has 35 heavy (non-hydrogen) atoms. The third-order valence-electron chi connectivity index (χ3n) is 6.59. The highest BCUT2D eigenvalue weighted by Crippen LogP contribution is 2.41. The number of amides is 3. The van der Waals surface area contributed by atoms with Gasteiger partial charge in [-0.25, -0.2) is 9.18 Å². The molecule has 2 fully saturated rings. The van der Waals surface area contributed by atoms with Gasteiger partial charge in [0.1, 0.15) is 11.6 Å². The third-order valence-corrected chi connectivity index (χ3v) is 6.59. The molecule has 9 heteroatoms. The lowest BCUT2D eigenvalue weighted by atomic mass is 9.82. The Hall–Kier alpha value is -3.62. The average molecular weight is 484 g/mol. The van der Waals surface area contributed by atoms with Crippen LogP contribution in [0.2, 0.25) is 0 Å². The zero-order valence-corrected chi connectivity index (χ0v) is 20.0. The van der Waals surface area contributed by atoms with Crippen LogP contribution in [0.3, 0.4) is 0 Å². The standard InChI is InChI=1S/C26H30FN3O5/c1-3-35-26(33)29-16-14-28(15-17-29)25(32)22-12-13-23(31)30(20-8-10-21(34-2)11-9-20)24(22)18-4-6-19(27)7-5-18/h4-11,22,24H,3,12-17H2,1-2H3. The second-order valence-electron chi connectivity index (χ2n) is 8.61. The minimum absolute atomic E-state index is 0.0751. The van der Waals surface area contributed by atoms with Crippen molar-refractivity contribution in [3.05, 3.63) is 59.9 Å². The van der Waals surface area contributed by atoms with Crippen LogP contribution in [0.25, 0.3) is 0 Å². The Morgan fingerprint density at radius 3 is 2.20 bits per heavy atom. The molecule has 4 rings (SSSR count). The van der Waals surface area contributed by atoms with E-state index in [-0.39, 0.29) is 30.1 Å². The number of carbonyl (C=O) groups excluding carboxylic acids is 3. The first kappa shape index (κ1) is 24.5. The van der Waals surface area contributed by atoms with Crippen LogP contribution >= 0.6 is 0 Å². The summed E-state index contributed by atoms with van der Waals surface area (Å²) >= 11 is 0. The second kappa shape index (κ2) is 10.8. The summed E-state index contributed by atoms with van der Waals surface area (Å²) in [7, 11) is 1.57. The van der Waals surface area contributed by atoms with E-state index in [9.17, 15) is 18.8 Å². The summed E-state index contributed by atoms with van der Waals surface area (Å²) in [6.45, 7) is 3.61. The number of halogens is 1. The van der Waals surface area contributed by atoms with Crippen molar-refractivity contribution in [1.82, 2.24) is 9.80 Å². The first-order valence-corrected chi connectivity index (χ1v) is 11.8. The van der Waals surface area contributed by atoms with Crippen molar-refractivity contribution in [2.75, 3.05) is 44.8 Å². The smallest absolute Gasteiger partial charge is 0.409 e. The van der Waals surface area contributed by atoms with Gasteiger partial charge in [-0.05, 0) is 55.3 Å². The Morgan fingerprint density at radius 2 is 1.60 bits per heavy atom. The van der Waals surface area contributed by atoms with Crippen LogP contribution in [0.5, 0.6) is 5.75 Å². The highest BCUT2D eigenvalue weighted by atomic mass is 19.1. The molecule has 2 heterocycles. The Balaban J connectivity index is 1.62. The maximum atomic E-state index is 13.7. The van der Waals surface area contributed by atoms with Crippen LogP contribution in [-0.2, 0) is 14.3 Å². The predicted molar refractivity (Wildman–Crippen MR) is 128 cm³/mol. The molecule has 0 N–H and O–H groups in total. The molecule has 0 saturated carbocycles. The molecular weight excluding hydrogens is 453 g/mol. The summed E-state index contributed by atoms with van der Waals surface area (Å²) in [6.07, 6.45) is 0.241. The van der Waals surface area contributed by atoms with Gasteiger partial charge in [0.25, 0.3) is 0 Å². The first-order valence-electron chi connectivity index (χ1n) is 11.8. The van der Waals surface area contributed by atoms with Gasteiger partial charge in [-0.3, -0.25) is 9.59 Å².